The molecule has 1 unspecified atom stereocenters. The van der Waals surface area contributed by atoms with Crippen LogP contribution in [0.25, 0.3) is 0 Å². The standard InChI is InChI=1S/C8H9F5O2/c1-4(2)7(14)15-3-8(12,13)5(9)6(10)11/h5-6H,1,3H2,2H3. The van der Waals surface area contributed by atoms with E-state index in [-0.39, 0.29) is 5.57 Å². The Hall–Kier alpha value is -1.14. The van der Waals surface area contributed by atoms with Gasteiger partial charge < -0.3 is 4.74 Å². The second-order valence-electron chi connectivity index (χ2n) is 2.85. The summed E-state index contributed by atoms with van der Waals surface area (Å²) < 4.78 is 64.4. The van der Waals surface area contributed by atoms with Gasteiger partial charge in [0, 0.05) is 5.57 Å². The van der Waals surface area contributed by atoms with Crippen LogP contribution in [0, 0.1) is 0 Å². The third-order valence-corrected chi connectivity index (χ3v) is 1.37. The molecule has 0 fully saturated rings. The third kappa shape index (κ3) is 4.26. The van der Waals surface area contributed by atoms with Crippen molar-refractivity contribution in [2.75, 3.05) is 6.61 Å². The molecule has 0 aliphatic heterocycles. The van der Waals surface area contributed by atoms with E-state index in [1.165, 1.54) is 6.92 Å². The normalized spacial score (nSPS) is 13.8. The van der Waals surface area contributed by atoms with Gasteiger partial charge in [-0.25, -0.2) is 18.0 Å². The van der Waals surface area contributed by atoms with Gasteiger partial charge in [0.1, 0.15) is 0 Å². The molecular formula is C8H9F5O2. The largest absolute Gasteiger partial charge is 0.456 e. The molecular weight excluding hydrogens is 223 g/mol. The molecule has 0 radical (unpaired) electrons. The van der Waals surface area contributed by atoms with Gasteiger partial charge in [0.15, 0.2) is 6.61 Å². The van der Waals surface area contributed by atoms with Crippen molar-refractivity contribution in [3.8, 4) is 0 Å². The average molecular weight is 232 g/mol. The number of carbonyl (C=O) groups excluding carboxylic acids is 1. The topological polar surface area (TPSA) is 26.3 Å². The summed E-state index contributed by atoms with van der Waals surface area (Å²) in [7, 11) is 0. The summed E-state index contributed by atoms with van der Waals surface area (Å²) in [6.45, 7) is 2.52. The fourth-order valence-electron chi connectivity index (χ4n) is 0.549. The summed E-state index contributed by atoms with van der Waals surface area (Å²) in [5, 5.41) is 0. The fourth-order valence-corrected chi connectivity index (χ4v) is 0.549. The molecule has 88 valence electrons. The van der Waals surface area contributed by atoms with Crippen LogP contribution < -0.4 is 0 Å². The Labute approximate surface area is 82.7 Å². The molecule has 2 nitrogen and oxygen atoms in total. The maximum absolute atomic E-state index is 12.5. The summed E-state index contributed by atoms with van der Waals surface area (Å²) in [6, 6.07) is 0. The molecule has 1 atom stereocenters. The highest BCUT2D eigenvalue weighted by atomic mass is 19.3. The molecule has 0 aromatic rings. The lowest BCUT2D eigenvalue weighted by atomic mass is 10.2. The molecule has 0 aliphatic carbocycles. The first-order chi connectivity index (χ1) is 6.68. The summed E-state index contributed by atoms with van der Waals surface area (Å²) >= 11 is 0. The number of alkyl halides is 5. The van der Waals surface area contributed by atoms with Gasteiger partial charge in [-0.3, -0.25) is 0 Å². The molecule has 0 amide bonds. The van der Waals surface area contributed by atoms with Crippen LogP contribution in [0.1, 0.15) is 6.92 Å². The van der Waals surface area contributed by atoms with Gasteiger partial charge in [-0.05, 0) is 6.92 Å². The average Bonchev–Trinajstić information content (AvgIpc) is 2.12. The highest BCUT2D eigenvalue weighted by Gasteiger charge is 2.47. The number of rotatable bonds is 5. The zero-order valence-electron chi connectivity index (χ0n) is 7.78. The Morgan fingerprint density at radius 2 is 1.87 bits per heavy atom. The summed E-state index contributed by atoms with van der Waals surface area (Å²) in [5.41, 5.74) is -0.182. The Bertz CT molecular complexity index is 251. The van der Waals surface area contributed by atoms with Crippen molar-refractivity contribution in [1.29, 1.82) is 0 Å². The second kappa shape index (κ2) is 5.09. The first kappa shape index (κ1) is 13.9. The van der Waals surface area contributed by atoms with E-state index in [2.05, 4.69) is 11.3 Å². The Morgan fingerprint density at radius 3 is 2.20 bits per heavy atom. The van der Waals surface area contributed by atoms with Crippen molar-refractivity contribution < 1.29 is 31.5 Å². The van der Waals surface area contributed by atoms with Crippen LogP contribution in [-0.2, 0) is 9.53 Å². The van der Waals surface area contributed by atoms with E-state index >= 15 is 0 Å². The fraction of sp³-hybridized carbons (Fsp3) is 0.625. The third-order valence-electron chi connectivity index (χ3n) is 1.37. The number of hydrogen-bond acceptors (Lipinski definition) is 2. The predicted molar refractivity (Wildman–Crippen MR) is 41.6 cm³/mol. The van der Waals surface area contributed by atoms with Crippen molar-refractivity contribution in [2.24, 2.45) is 0 Å². The smallest absolute Gasteiger partial charge is 0.333 e. The van der Waals surface area contributed by atoms with E-state index in [0.717, 1.165) is 0 Å². The van der Waals surface area contributed by atoms with E-state index in [4.69, 9.17) is 0 Å². The maximum atomic E-state index is 12.5. The number of hydrogen-bond donors (Lipinski definition) is 0. The Balaban J connectivity index is 4.27. The highest BCUT2D eigenvalue weighted by molar-refractivity contribution is 5.86. The number of ether oxygens (including phenoxy) is 1. The van der Waals surface area contributed by atoms with Crippen LogP contribution in [-0.4, -0.2) is 31.1 Å². The summed E-state index contributed by atoms with van der Waals surface area (Å²) in [4.78, 5) is 10.6. The van der Waals surface area contributed by atoms with Gasteiger partial charge in [0.05, 0.1) is 0 Å². The van der Waals surface area contributed by atoms with Gasteiger partial charge in [-0.15, -0.1) is 0 Å². The molecule has 0 aliphatic rings. The van der Waals surface area contributed by atoms with Gasteiger partial charge in [0.25, 0.3) is 6.43 Å². The quantitative estimate of drug-likeness (QED) is 0.413. The molecule has 7 heteroatoms. The van der Waals surface area contributed by atoms with E-state index in [1.807, 2.05) is 0 Å². The van der Waals surface area contributed by atoms with Gasteiger partial charge in [-0.2, -0.15) is 8.78 Å². The van der Waals surface area contributed by atoms with Crippen LogP contribution in [0.15, 0.2) is 12.2 Å². The van der Waals surface area contributed by atoms with Gasteiger partial charge in [-0.1, -0.05) is 6.58 Å². The van der Waals surface area contributed by atoms with E-state index in [9.17, 15) is 26.7 Å². The first-order valence-corrected chi connectivity index (χ1v) is 3.81. The van der Waals surface area contributed by atoms with Crippen LogP contribution in [0.4, 0.5) is 22.0 Å². The number of esters is 1. The molecule has 0 rings (SSSR count). The molecule has 0 aromatic carbocycles. The molecule has 0 heterocycles. The van der Waals surface area contributed by atoms with Gasteiger partial charge in [0.2, 0.25) is 6.17 Å². The van der Waals surface area contributed by atoms with Crippen molar-refractivity contribution in [2.45, 2.75) is 25.4 Å². The van der Waals surface area contributed by atoms with Crippen LogP contribution in [0.3, 0.4) is 0 Å². The lowest BCUT2D eigenvalue weighted by molar-refractivity contribution is -0.174. The van der Waals surface area contributed by atoms with E-state index in [1.54, 1.807) is 0 Å². The van der Waals surface area contributed by atoms with Crippen molar-refractivity contribution in [3.05, 3.63) is 12.2 Å². The predicted octanol–water partition coefficient (Wildman–Crippen LogP) is 2.34. The van der Waals surface area contributed by atoms with Gasteiger partial charge >= 0.3 is 11.9 Å². The van der Waals surface area contributed by atoms with Crippen LogP contribution in [0.2, 0.25) is 0 Å². The van der Waals surface area contributed by atoms with Crippen LogP contribution in [0.5, 0.6) is 0 Å². The zero-order valence-corrected chi connectivity index (χ0v) is 7.78. The minimum atomic E-state index is -4.40. The van der Waals surface area contributed by atoms with Crippen molar-refractivity contribution in [1.82, 2.24) is 0 Å². The minimum absolute atomic E-state index is 0.182. The molecule has 0 saturated heterocycles. The lowest BCUT2D eigenvalue weighted by Gasteiger charge is -2.19. The van der Waals surface area contributed by atoms with E-state index in [0.29, 0.717) is 0 Å². The molecule has 0 N–H and O–H groups in total. The minimum Gasteiger partial charge on any atom is -0.456 e. The SMILES string of the molecule is C=C(C)C(=O)OCC(F)(F)C(F)C(F)F. The molecule has 0 saturated carbocycles. The van der Waals surface area contributed by atoms with Crippen molar-refractivity contribution >= 4 is 5.97 Å². The monoisotopic (exact) mass is 232 g/mol. The lowest BCUT2D eigenvalue weighted by Crippen LogP contribution is -2.40. The molecule has 0 aromatic heterocycles. The first-order valence-electron chi connectivity index (χ1n) is 3.81. The molecule has 0 spiro atoms. The maximum Gasteiger partial charge on any atom is 0.333 e. The zero-order chi connectivity index (χ0) is 12.2. The summed E-state index contributed by atoms with van der Waals surface area (Å²) in [5.74, 6) is -5.59. The molecule has 0 bridgehead atoms. The van der Waals surface area contributed by atoms with Crippen LogP contribution >= 0.6 is 0 Å². The number of carbonyl (C=O) groups is 1. The Kier molecular flexibility index (Phi) is 4.70. The number of halogens is 5. The Morgan fingerprint density at radius 1 is 1.40 bits per heavy atom. The summed E-state index contributed by atoms with van der Waals surface area (Å²) in [6.07, 6.45) is -7.49. The van der Waals surface area contributed by atoms with Crippen molar-refractivity contribution in [3.63, 3.8) is 0 Å². The highest BCUT2D eigenvalue weighted by Crippen LogP contribution is 2.26. The van der Waals surface area contributed by atoms with E-state index < -0.39 is 31.1 Å². The molecule has 15 heavy (non-hydrogen) atoms. The second-order valence-corrected chi connectivity index (χ2v) is 2.85.